The van der Waals surface area contributed by atoms with Gasteiger partial charge in [0.15, 0.2) is 0 Å². The highest BCUT2D eigenvalue weighted by Crippen LogP contribution is 2.20. The molecule has 0 bridgehead atoms. The number of piperazine rings is 1. The van der Waals surface area contributed by atoms with Crippen LogP contribution < -0.4 is 16.0 Å². The van der Waals surface area contributed by atoms with E-state index in [1.54, 1.807) is 37.4 Å². The van der Waals surface area contributed by atoms with Crippen LogP contribution >= 0.6 is 0 Å². The first-order valence-corrected chi connectivity index (χ1v) is 8.96. The van der Waals surface area contributed by atoms with E-state index in [0.717, 1.165) is 37.4 Å². The third kappa shape index (κ3) is 3.35. The summed E-state index contributed by atoms with van der Waals surface area (Å²) in [5.41, 5.74) is 2.29. The van der Waals surface area contributed by atoms with Crippen molar-refractivity contribution in [3.63, 3.8) is 0 Å². The average Bonchev–Trinajstić information content (AvgIpc) is 2.69. The molecule has 1 saturated heterocycles. The summed E-state index contributed by atoms with van der Waals surface area (Å²) in [5, 5.41) is 0.633. The van der Waals surface area contributed by atoms with E-state index in [9.17, 15) is 9.59 Å². The van der Waals surface area contributed by atoms with Crippen LogP contribution in [0.4, 0.5) is 5.69 Å². The van der Waals surface area contributed by atoms with Crippen LogP contribution in [0.1, 0.15) is 5.69 Å². The van der Waals surface area contributed by atoms with Gasteiger partial charge in [-0.2, -0.15) is 0 Å². The predicted octanol–water partition coefficient (Wildman–Crippen LogP) is 0.349. The normalized spacial score (nSPS) is 15.4. The Labute approximate surface area is 156 Å². The molecule has 1 fully saturated rings. The molecule has 2 aromatic heterocycles. The van der Waals surface area contributed by atoms with Gasteiger partial charge < -0.3 is 14.0 Å². The molecule has 0 unspecified atom stereocenters. The molecular formula is C19H22N6O2. The number of nitrogens with zero attached hydrogens (tertiary/aromatic N) is 6. The van der Waals surface area contributed by atoms with Crippen molar-refractivity contribution in [3.05, 3.63) is 63.3 Å². The zero-order chi connectivity index (χ0) is 19.0. The maximum atomic E-state index is 12.2. The fourth-order valence-electron chi connectivity index (χ4n) is 3.43. The Kier molecular flexibility index (Phi) is 4.49. The summed E-state index contributed by atoms with van der Waals surface area (Å²) < 4.78 is 3.05. The summed E-state index contributed by atoms with van der Waals surface area (Å²) in [6.45, 7) is 3.97. The van der Waals surface area contributed by atoms with Gasteiger partial charge in [0, 0.05) is 64.9 Å². The quantitative estimate of drug-likeness (QED) is 0.666. The number of fused-ring (bicyclic) bond motifs is 1. The fourth-order valence-corrected chi connectivity index (χ4v) is 3.43. The van der Waals surface area contributed by atoms with Gasteiger partial charge in [0.05, 0.1) is 17.2 Å². The first-order valence-electron chi connectivity index (χ1n) is 8.96. The SMILES string of the molecule is Cn1ccnc(CN2CCN(c3ccc4c(=O)n(C)cnc4c3)CC2)c1=O. The molecule has 0 aliphatic carbocycles. The minimum absolute atomic E-state index is 0.0340. The third-order valence-electron chi connectivity index (χ3n) is 5.10. The molecule has 140 valence electrons. The molecule has 3 aromatic rings. The van der Waals surface area contributed by atoms with Gasteiger partial charge in [-0.3, -0.25) is 19.5 Å². The van der Waals surface area contributed by atoms with Crippen LogP contribution in [0.15, 0.2) is 46.5 Å². The van der Waals surface area contributed by atoms with Crippen LogP contribution in [0.25, 0.3) is 10.9 Å². The third-order valence-corrected chi connectivity index (χ3v) is 5.10. The molecule has 0 atom stereocenters. The Bertz CT molecular complexity index is 1100. The largest absolute Gasteiger partial charge is 0.369 e. The van der Waals surface area contributed by atoms with Crippen LogP contribution in [-0.2, 0) is 20.6 Å². The van der Waals surface area contributed by atoms with Crippen molar-refractivity contribution >= 4 is 16.6 Å². The topological polar surface area (TPSA) is 76.3 Å². The first kappa shape index (κ1) is 17.4. The van der Waals surface area contributed by atoms with Gasteiger partial charge in [-0.1, -0.05) is 0 Å². The molecule has 8 heteroatoms. The lowest BCUT2D eigenvalue weighted by molar-refractivity contribution is 0.245. The lowest BCUT2D eigenvalue weighted by atomic mass is 10.2. The summed E-state index contributed by atoms with van der Waals surface area (Å²) in [4.78, 5) is 37.4. The molecule has 0 saturated carbocycles. The lowest BCUT2D eigenvalue weighted by Gasteiger charge is -2.35. The monoisotopic (exact) mass is 366 g/mol. The number of hydrogen-bond acceptors (Lipinski definition) is 6. The summed E-state index contributed by atoms with van der Waals surface area (Å²) in [6.07, 6.45) is 4.89. The Morgan fingerprint density at radius 1 is 0.963 bits per heavy atom. The second kappa shape index (κ2) is 6.96. The van der Waals surface area contributed by atoms with Crippen molar-refractivity contribution in [2.45, 2.75) is 6.54 Å². The van der Waals surface area contributed by atoms with Gasteiger partial charge in [0.1, 0.15) is 5.69 Å². The molecule has 27 heavy (non-hydrogen) atoms. The second-order valence-corrected chi connectivity index (χ2v) is 6.92. The van der Waals surface area contributed by atoms with Crippen molar-refractivity contribution in [3.8, 4) is 0 Å². The van der Waals surface area contributed by atoms with Gasteiger partial charge in [-0.15, -0.1) is 0 Å². The summed E-state index contributed by atoms with van der Waals surface area (Å²) >= 11 is 0. The highest BCUT2D eigenvalue weighted by Gasteiger charge is 2.19. The van der Waals surface area contributed by atoms with E-state index >= 15 is 0 Å². The first-order chi connectivity index (χ1) is 13.0. The van der Waals surface area contributed by atoms with Crippen LogP contribution in [0.3, 0.4) is 0 Å². The molecule has 0 radical (unpaired) electrons. The van der Waals surface area contributed by atoms with Crippen molar-refractivity contribution in [2.75, 3.05) is 31.1 Å². The molecule has 8 nitrogen and oxygen atoms in total. The Morgan fingerprint density at radius 2 is 1.74 bits per heavy atom. The van der Waals surface area contributed by atoms with E-state index in [1.807, 2.05) is 18.2 Å². The molecule has 0 N–H and O–H groups in total. The lowest BCUT2D eigenvalue weighted by Crippen LogP contribution is -2.46. The van der Waals surface area contributed by atoms with Crippen molar-refractivity contribution in [1.82, 2.24) is 24.0 Å². The van der Waals surface area contributed by atoms with Gasteiger partial charge in [-0.05, 0) is 18.2 Å². The number of rotatable bonds is 3. The maximum absolute atomic E-state index is 12.2. The fraction of sp³-hybridized carbons (Fsp3) is 0.368. The second-order valence-electron chi connectivity index (χ2n) is 6.92. The van der Waals surface area contributed by atoms with E-state index < -0.39 is 0 Å². The van der Waals surface area contributed by atoms with Crippen LogP contribution in [-0.4, -0.2) is 50.2 Å². The van der Waals surface area contributed by atoms with E-state index in [4.69, 9.17) is 0 Å². The molecule has 0 amide bonds. The maximum Gasteiger partial charge on any atom is 0.273 e. The molecule has 0 spiro atoms. The van der Waals surface area contributed by atoms with E-state index in [1.165, 1.54) is 4.57 Å². The molecule has 4 rings (SSSR count). The van der Waals surface area contributed by atoms with Crippen LogP contribution in [0.2, 0.25) is 0 Å². The average molecular weight is 366 g/mol. The molecule has 1 aromatic carbocycles. The van der Waals surface area contributed by atoms with Crippen molar-refractivity contribution in [2.24, 2.45) is 14.1 Å². The molecule has 1 aliphatic rings. The van der Waals surface area contributed by atoms with Crippen LogP contribution in [0.5, 0.6) is 0 Å². The summed E-state index contributed by atoms with van der Waals surface area (Å²) in [5.74, 6) is 0. The van der Waals surface area contributed by atoms with Crippen molar-refractivity contribution in [1.29, 1.82) is 0 Å². The number of hydrogen-bond donors (Lipinski definition) is 0. The Balaban J connectivity index is 1.47. The highest BCUT2D eigenvalue weighted by atomic mass is 16.1. The van der Waals surface area contributed by atoms with Crippen molar-refractivity contribution < 1.29 is 0 Å². The molecule has 1 aliphatic heterocycles. The molecule has 3 heterocycles. The number of aromatic nitrogens is 4. The van der Waals surface area contributed by atoms with E-state index in [-0.39, 0.29) is 11.1 Å². The molecular weight excluding hydrogens is 344 g/mol. The van der Waals surface area contributed by atoms with Gasteiger partial charge in [0.2, 0.25) is 0 Å². The minimum atomic E-state index is -0.0397. The van der Waals surface area contributed by atoms with Crippen LogP contribution in [0, 0.1) is 0 Å². The minimum Gasteiger partial charge on any atom is -0.369 e. The number of aryl methyl sites for hydroxylation is 2. The zero-order valence-electron chi connectivity index (χ0n) is 15.5. The Morgan fingerprint density at radius 3 is 2.52 bits per heavy atom. The smallest absolute Gasteiger partial charge is 0.273 e. The zero-order valence-corrected chi connectivity index (χ0v) is 15.5. The number of anilines is 1. The number of benzene rings is 1. The summed E-state index contributed by atoms with van der Waals surface area (Å²) in [6, 6.07) is 5.81. The summed E-state index contributed by atoms with van der Waals surface area (Å²) in [7, 11) is 3.45. The van der Waals surface area contributed by atoms with E-state index in [0.29, 0.717) is 17.6 Å². The Hall–Kier alpha value is -3.00. The van der Waals surface area contributed by atoms with E-state index in [2.05, 4.69) is 19.8 Å². The van der Waals surface area contributed by atoms with Gasteiger partial charge in [0.25, 0.3) is 11.1 Å². The standard InChI is InChI=1S/C19H22N6O2/c1-22-6-5-20-17(19(22)27)12-24-7-9-25(10-8-24)14-3-4-15-16(11-14)21-13-23(2)18(15)26/h3-6,11,13H,7-10,12H2,1-2H3. The highest BCUT2D eigenvalue weighted by molar-refractivity contribution is 5.81. The van der Waals surface area contributed by atoms with Gasteiger partial charge >= 0.3 is 0 Å². The predicted molar refractivity (Wildman–Crippen MR) is 104 cm³/mol. The van der Waals surface area contributed by atoms with Gasteiger partial charge in [-0.25, -0.2) is 4.98 Å².